The Morgan fingerprint density at radius 2 is 1.56 bits per heavy atom. The minimum absolute atomic E-state index is 0.0311. The normalized spacial score (nSPS) is 18.5. The maximum absolute atomic E-state index is 11.5. The van der Waals surface area contributed by atoms with Gasteiger partial charge in [0.05, 0.1) is 0 Å². The number of amides is 2. The van der Waals surface area contributed by atoms with Gasteiger partial charge in [-0.25, -0.2) is 0 Å². The van der Waals surface area contributed by atoms with Crippen molar-refractivity contribution in [1.82, 2.24) is 4.90 Å². The predicted molar refractivity (Wildman–Crippen MR) is 73.0 cm³/mol. The van der Waals surface area contributed by atoms with Crippen molar-refractivity contribution in [2.45, 2.75) is 65.3 Å². The average molecular weight is 251 g/mol. The molecule has 2 unspecified atom stereocenters. The molecule has 0 fully saturated rings. The van der Waals surface area contributed by atoms with Crippen LogP contribution in [0.1, 0.15) is 59.3 Å². The summed E-state index contributed by atoms with van der Waals surface area (Å²) in [5.74, 6) is 0.493. The quantitative estimate of drug-likeness (QED) is 0.490. The van der Waals surface area contributed by atoms with Gasteiger partial charge in [0, 0.05) is 18.2 Å². The Hall–Kier alpha value is -1.12. The highest BCUT2D eigenvalue weighted by Crippen LogP contribution is 2.17. The molecule has 2 amide bonds. The van der Waals surface area contributed by atoms with Crippen molar-refractivity contribution in [3.05, 3.63) is 12.2 Å². The molecule has 2 atom stereocenters. The fraction of sp³-hybridized carbons (Fsp3) is 0.733. The van der Waals surface area contributed by atoms with Crippen molar-refractivity contribution >= 4 is 11.8 Å². The average Bonchev–Trinajstić information content (AvgIpc) is 2.68. The Labute approximate surface area is 110 Å². The van der Waals surface area contributed by atoms with Crippen molar-refractivity contribution in [3.63, 3.8) is 0 Å². The minimum atomic E-state index is -0.160. The first-order valence-electron chi connectivity index (χ1n) is 7.11. The van der Waals surface area contributed by atoms with Crippen molar-refractivity contribution in [1.29, 1.82) is 0 Å². The van der Waals surface area contributed by atoms with Crippen LogP contribution in [0.25, 0.3) is 0 Å². The topological polar surface area (TPSA) is 37.4 Å². The molecular formula is C15H25NO2. The lowest BCUT2D eigenvalue weighted by atomic mass is 9.99. The van der Waals surface area contributed by atoms with E-state index in [9.17, 15) is 9.59 Å². The summed E-state index contributed by atoms with van der Waals surface area (Å²) >= 11 is 0. The third-order valence-corrected chi connectivity index (χ3v) is 3.80. The number of carbonyl (C=O) groups is 2. The van der Waals surface area contributed by atoms with Gasteiger partial charge >= 0.3 is 0 Å². The van der Waals surface area contributed by atoms with Gasteiger partial charge in [-0.05, 0) is 19.3 Å². The predicted octanol–water partition coefficient (Wildman–Crippen LogP) is 3.30. The molecule has 1 rings (SSSR count). The summed E-state index contributed by atoms with van der Waals surface area (Å²) in [5.41, 5.74) is 0. The molecule has 1 heterocycles. The van der Waals surface area contributed by atoms with E-state index in [4.69, 9.17) is 0 Å². The van der Waals surface area contributed by atoms with Gasteiger partial charge in [0.2, 0.25) is 0 Å². The molecule has 0 N–H and O–H groups in total. The van der Waals surface area contributed by atoms with E-state index in [1.54, 1.807) is 0 Å². The van der Waals surface area contributed by atoms with Gasteiger partial charge in [-0.15, -0.1) is 0 Å². The van der Waals surface area contributed by atoms with Crippen molar-refractivity contribution in [2.75, 3.05) is 0 Å². The lowest BCUT2D eigenvalue weighted by Crippen LogP contribution is -2.38. The number of hydrogen-bond donors (Lipinski definition) is 0. The highest BCUT2D eigenvalue weighted by Gasteiger charge is 2.27. The first-order valence-corrected chi connectivity index (χ1v) is 7.11. The van der Waals surface area contributed by atoms with Gasteiger partial charge in [0.25, 0.3) is 11.8 Å². The molecule has 0 saturated carbocycles. The van der Waals surface area contributed by atoms with Crippen molar-refractivity contribution < 1.29 is 9.59 Å². The molecule has 1 aliphatic rings. The Balaban J connectivity index is 2.16. The smallest absolute Gasteiger partial charge is 0.253 e. The summed E-state index contributed by atoms with van der Waals surface area (Å²) in [6.07, 6.45) is 9.71. The molecule has 0 saturated heterocycles. The van der Waals surface area contributed by atoms with Gasteiger partial charge in [0.15, 0.2) is 0 Å². The number of unbranched alkanes of at least 4 members (excludes halogenated alkanes) is 2. The molecule has 0 aromatic heterocycles. The molecule has 18 heavy (non-hydrogen) atoms. The highest BCUT2D eigenvalue weighted by molar-refractivity contribution is 6.13. The Bertz CT molecular complexity index is 304. The molecule has 3 heteroatoms. The van der Waals surface area contributed by atoms with Crippen LogP contribution in [0, 0.1) is 5.92 Å². The molecule has 0 bridgehead atoms. The van der Waals surface area contributed by atoms with E-state index >= 15 is 0 Å². The number of rotatable bonds is 8. The Morgan fingerprint density at radius 3 is 2.11 bits per heavy atom. The van der Waals surface area contributed by atoms with Crippen LogP contribution in [0.15, 0.2) is 12.2 Å². The zero-order valence-corrected chi connectivity index (χ0v) is 11.8. The van der Waals surface area contributed by atoms with E-state index in [1.165, 1.54) is 42.7 Å². The highest BCUT2D eigenvalue weighted by atomic mass is 16.2. The fourth-order valence-corrected chi connectivity index (χ4v) is 2.29. The van der Waals surface area contributed by atoms with Crippen LogP contribution < -0.4 is 0 Å². The minimum Gasteiger partial charge on any atom is -0.273 e. The Kier molecular flexibility index (Phi) is 6.10. The van der Waals surface area contributed by atoms with Gasteiger partial charge in [0.1, 0.15) is 0 Å². The SMILES string of the molecule is CCC(C)CCCCCC(C)N1C(=O)C=CC1=O. The molecule has 0 aliphatic carbocycles. The molecule has 0 aromatic rings. The third-order valence-electron chi connectivity index (χ3n) is 3.80. The number of imide groups is 1. The van der Waals surface area contributed by atoms with Crippen LogP contribution in [0.2, 0.25) is 0 Å². The van der Waals surface area contributed by atoms with E-state index in [0.29, 0.717) is 0 Å². The van der Waals surface area contributed by atoms with E-state index < -0.39 is 0 Å². The van der Waals surface area contributed by atoms with Crippen LogP contribution >= 0.6 is 0 Å². The Morgan fingerprint density at radius 1 is 1.00 bits per heavy atom. The molecule has 102 valence electrons. The maximum atomic E-state index is 11.5. The molecule has 0 spiro atoms. The second kappa shape index (κ2) is 7.34. The van der Waals surface area contributed by atoms with Crippen molar-refractivity contribution in [2.24, 2.45) is 5.92 Å². The summed E-state index contributed by atoms with van der Waals surface area (Å²) in [7, 11) is 0. The van der Waals surface area contributed by atoms with E-state index in [2.05, 4.69) is 13.8 Å². The second-order valence-corrected chi connectivity index (χ2v) is 5.38. The standard InChI is InChI=1S/C15H25NO2/c1-4-12(2)8-6-5-7-9-13(3)16-14(17)10-11-15(16)18/h10-13H,4-9H2,1-3H3. The number of nitrogens with zero attached hydrogens (tertiary/aromatic N) is 1. The lowest BCUT2D eigenvalue weighted by molar-refractivity contribution is -0.139. The van der Waals surface area contributed by atoms with Gasteiger partial charge < -0.3 is 0 Å². The second-order valence-electron chi connectivity index (χ2n) is 5.38. The zero-order chi connectivity index (χ0) is 13.5. The summed E-state index contributed by atoms with van der Waals surface area (Å²) in [6, 6.07) is 0.0311. The van der Waals surface area contributed by atoms with E-state index in [-0.39, 0.29) is 17.9 Å². The van der Waals surface area contributed by atoms with Crippen LogP contribution in [-0.2, 0) is 9.59 Å². The van der Waals surface area contributed by atoms with E-state index in [1.807, 2.05) is 6.92 Å². The molecule has 3 nitrogen and oxygen atoms in total. The van der Waals surface area contributed by atoms with Crippen LogP contribution in [-0.4, -0.2) is 22.8 Å². The molecule has 0 aromatic carbocycles. The summed E-state index contributed by atoms with van der Waals surface area (Å²) in [6.45, 7) is 6.47. The zero-order valence-electron chi connectivity index (χ0n) is 11.8. The third kappa shape index (κ3) is 4.28. The molecule has 0 radical (unpaired) electrons. The van der Waals surface area contributed by atoms with Gasteiger partial charge in [-0.1, -0.05) is 46.0 Å². The fourth-order valence-electron chi connectivity index (χ4n) is 2.29. The molecule has 1 aliphatic heterocycles. The van der Waals surface area contributed by atoms with Crippen LogP contribution in [0.5, 0.6) is 0 Å². The molecular weight excluding hydrogens is 226 g/mol. The number of hydrogen-bond acceptors (Lipinski definition) is 2. The van der Waals surface area contributed by atoms with Gasteiger partial charge in [-0.2, -0.15) is 0 Å². The van der Waals surface area contributed by atoms with Gasteiger partial charge in [-0.3, -0.25) is 14.5 Å². The van der Waals surface area contributed by atoms with E-state index in [0.717, 1.165) is 18.8 Å². The van der Waals surface area contributed by atoms with Crippen LogP contribution in [0.4, 0.5) is 0 Å². The number of carbonyl (C=O) groups excluding carboxylic acids is 2. The maximum Gasteiger partial charge on any atom is 0.253 e. The summed E-state index contributed by atoms with van der Waals surface area (Å²) < 4.78 is 0. The van der Waals surface area contributed by atoms with Crippen molar-refractivity contribution in [3.8, 4) is 0 Å². The summed E-state index contributed by atoms with van der Waals surface area (Å²) in [5, 5.41) is 0. The first-order chi connectivity index (χ1) is 8.56. The summed E-state index contributed by atoms with van der Waals surface area (Å²) in [4.78, 5) is 24.3. The lowest BCUT2D eigenvalue weighted by Gasteiger charge is -2.22. The largest absolute Gasteiger partial charge is 0.273 e. The van der Waals surface area contributed by atoms with Crippen LogP contribution in [0.3, 0.4) is 0 Å². The first kappa shape index (κ1) is 14.9. The monoisotopic (exact) mass is 251 g/mol.